The molecule has 3 aromatic carbocycles. The zero-order chi connectivity index (χ0) is 20.3. The van der Waals surface area contributed by atoms with Crippen LogP contribution in [0.3, 0.4) is 0 Å². The van der Waals surface area contributed by atoms with Crippen LogP contribution in [0, 0.1) is 18.3 Å². The van der Waals surface area contributed by atoms with Gasteiger partial charge in [-0.25, -0.2) is 4.57 Å². The molecule has 5 rings (SSSR count). The van der Waals surface area contributed by atoms with E-state index in [1.54, 1.807) is 0 Å². The molecule has 3 nitrogen and oxygen atoms in total. The van der Waals surface area contributed by atoms with Gasteiger partial charge in [0.05, 0.1) is 23.4 Å². The Morgan fingerprint density at radius 2 is 1.86 bits per heavy atom. The van der Waals surface area contributed by atoms with Crippen molar-refractivity contribution >= 4 is 21.5 Å². The Hall–Kier alpha value is -3.38. The summed E-state index contributed by atoms with van der Waals surface area (Å²) < 4.78 is 8.85. The van der Waals surface area contributed by atoms with Gasteiger partial charge in [-0.05, 0) is 52.3 Å². The van der Waals surface area contributed by atoms with Gasteiger partial charge in [0.1, 0.15) is 18.5 Å². The van der Waals surface area contributed by atoms with Gasteiger partial charge >= 0.3 is 0 Å². The van der Waals surface area contributed by atoms with E-state index in [0.717, 1.165) is 27.8 Å². The summed E-state index contributed by atoms with van der Waals surface area (Å²) in [4.78, 5) is 0. The number of hydrogen-bond donors (Lipinski definition) is 0. The number of aryl methyl sites for hydroxylation is 2. The van der Waals surface area contributed by atoms with Crippen LogP contribution >= 0.6 is 0 Å². The summed E-state index contributed by atoms with van der Waals surface area (Å²) in [5.74, 6) is 2.13. The Morgan fingerprint density at radius 1 is 1.10 bits per heavy atom. The van der Waals surface area contributed by atoms with E-state index in [4.69, 9.17) is 4.74 Å². The van der Waals surface area contributed by atoms with Gasteiger partial charge < -0.3 is 4.74 Å². The highest BCUT2D eigenvalue weighted by atomic mass is 16.5. The first-order valence-electron chi connectivity index (χ1n) is 10.1. The molecule has 0 spiro atoms. The van der Waals surface area contributed by atoms with Crippen molar-refractivity contribution in [1.82, 2.24) is 0 Å². The standard InChI is InChI=1S/C26H23N2O/c1-15(2)22-20-8-6-5-7-19(20)16(3)23-25-24-18(10-12-28(25)4)13-17(9-11-27)14-21(24)29-26(22)23/h5-8,10,12-15H,9H2,1-4H3/q+1. The molecule has 0 fully saturated rings. The van der Waals surface area contributed by atoms with Crippen LogP contribution in [0.2, 0.25) is 0 Å². The maximum atomic E-state index is 9.20. The lowest BCUT2D eigenvalue weighted by atomic mass is 9.85. The summed E-state index contributed by atoms with van der Waals surface area (Å²) >= 11 is 0. The molecule has 142 valence electrons. The maximum absolute atomic E-state index is 9.20. The first-order valence-corrected chi connectivity index (χ1v) is 10.1. The third kappa shape index (κ3) is 2.46. The molecule has 0 unspecified atom stereocenters. The number of nitrogens with zero attached hydrogens (tertiary/aromatic N) is 2. The number of nitriles is 1. The van der Waals surface area contributed by atoms with Gasteiger partial charge in [0, 0.05) is 11.6 Å². The van der Waals surface area contributed by atoms with Crippen molar-refractivity contribution in [2.45, 2.75) is 33.1 Å². The topological polar surface area (TPSA) is 36.9 Å². The Balaban J connectivity index is 1.99. The van der Waals surface area contributed by atoms with Crippen LogP contribution < -0.4 is 9.30 Å². The van der Waals surface area contributed by atoms with Crippen molar-refractivity contribution < 1.29 is 9.30 Å². The fourth-order valence-corrected chi connectivity index (χ4v) is 4.78. The quantitative estimate of drug-likeness (QED) is 0.348. The van der Waals surface area contributed by atoms with Crippen LogP contribution in [0.15, 0.2) is 48.7 Å². The first kappa shape index (κ1) is 17.7. The number of ether oxygens (including phenoxy) is 1. The fraction of sp³-hybridized carbons (Fsp3) is 0.231. The van der Waals surface area contributed by atoms with Crippen LogP contribution in [-0.4, -0.2) is 0 Å². The van der Waals surface area contributed by atoms with Crippen molar-refractivity contribution in [3.05, 3.63) is 65.4 Å². The van der Waals surface area contributed by atoms with Crippen molar-refractivity contribution in [2.24, 2.45) is 7.05 Å². The third-order valence-electron chi connectivity index (χ3n) is 6.04. The molecular formula is C26H23N2O+. The third-order valence-corrected chi connectivity index (χ3v) is 6.04. The molecule has 0 N–H and O–H groups in total. The minimum absolute atomic E-state index is 0.322. The highest BCUT2D eigenvalue weighted by Gasteiger charge is 2.33. The van der Waals surface area contributed by atoms with E-state index in [-0.39, 0.29) is 0 Å². The van der Waals surface area contributed by atoms with Crippen molar-refractivity contribution in [3.63, 3.8) is 0 Å². The minimum atomic E-state index is 0.322. The van der Waals surface area contributed by atoms with E-state index in [9.17, 15) is 5.26 Å². The van der Waals surface area contributed by atoms with Gasteiger partial charge in [-0.3, -0.25) is 0 Å². The average Bonchev–Trinajstić information content (AvgIpc) is 2.70. The molecule has 2 heterocycles. The van der Waals surface area contributed by atoms with Gasteiger partial charge in [-0.1, -0.05) is 38.1 Å². The molecule has 0 saturated carbocycles. The number of rotatable bonds is 2. The number of hydrogen-bond acceptors (Lipinski definition) is 2. The zero-order valence-corrected chi connectivity index (χ0v) is 17.2. The highest BCUT2D eigenvalue weighted by Crippen LogP contribution is 2.52. The Kier molecular flexibility index (Phi) is 3.86. The second-order valence-corrected chi connectivity index (χ2v) is 8.21. The number of benzene rings is 3. The summed E-state index contributed by atoms with van der Waals surface area (Å²) in [5.41, 5.74) is 5.85. The summed E-state index contributed by atoms with van der Waals surface area (Å²) in [5, 5.41) is 14.0. The lowest BCUT2D eigenvalue weighted by Gasteiger charge is -2.26. The Morgan fingerprint density at radius 3 is 2.59 bits per heavy atom. The molecule has 0 radical (unpaired) electrons. The molecular weight excluding hydrogens is 356 g/mol. The molecule has 0 bridgehead atoms. The van der Waals surface area contributed by atoms with Gasteiger partial charge in [0.25, 0.3) is 0 Å². The monoisotopic (exact) mass is 379 g/mol. The predicted molar refractivity (Wildman–Crippen MR) is 116 cm³/mol. The van der Waals surface area contributed by atoms with Crippen LogP contribution in [0.5, 0.6) is 11.5 Å². The van der Waals surface area contributed by atoms with E-state index >= 15 is 0 Å². The molecule has 0 saturated heterocycles. The van der Waals surface area contributed by atoms with E-state index in [2.05, 4.69) is 81.1 Å². The average molecular weight is 379 g/mol. The molecule has 0 atom stereocenters. The van der Waals surface area contributed by atoms with Gasteiger partial charge in [-0.2, -0.15) is 5.26 Å². The summed E-state index contributed by atoms with van der Waals surface area (Å²) in [6, 6.07) is 17.1. The molecule has 1 aliphatic heterocycles. The molecule has 1 aliphatic rings. The van der Waals surface area contributed by atoms with Crippen LogP contribution in [0.25, 0.3) is 32.8 Å². The second kappa shape index (κ2) is 6.32. The van der Waals surface area contributed by atoms with E-state index < -0.39 is 0 Å². The van der Waals surface area contributed by atoms with Gasteiger partial charge in [0.2, 0.25) is 5.69 Å². The van der Waals surface area contributed by atoms with Gasteiger partial charge in [-0.15, -0.1) is 0 Å². The number of aromatic nitrogens is 1. The SMILES string of the molecule is Cc1c2c(c(C(C)C)c3ccccc13)Oc1cc(CC#N)cc3cc[n+](C)c-2c13. The van der Waals surface area contributed by atoms with Crippen molar-refractivity contribution in [3.8, 4) is 28.8 Å². The Labute approximate surface area is 170 Å². The zero-order valence-electron chi connectivity index (χ0n) is 17.2. The second-order valence-electron chi connectivity index (χ2n) is 8.21. The summed E-state index contributed by atoms with van der Waals surface area (Å²) in [7, 11) is 2.10. The largest absolute Gasteiger partial charge is 0.455 e. The molecule has 1 aromatic heterocycles. The molecule has 3 heteroatoms. The van der Waals surface area contributed by atoms with Crippen LogP contribution in [0.4, 0.5) is 0 Å². The predicted octanol–water partition coefficient (Wildman–Crippen LogP) is 6.09. The summed E-state index contributed by atoms with van der Waals surface area (Å²) in [6.45, 7) is 6.65. The van der Waals surface area contributed by atoms with Crippen LogP contribution in [-0.2, 0) is 13.5 Å². The van der Waals surface area contributed by atoms with Crippen LogP contribution in [0.1, 0.15) is 36.5 Å². The summed E-state index contributed by atoms with van der Waals surface area (Å²) in [6.07, 6.45) is 2.49. The lowest BCUT2D eigenvalue weighted by Crippen LogP contribution is -2.32. The van der Waals surface area contributed by atoms with Gasteiger partial charge in [0.15, 0.2) is 6.20 Å². The molecule has 0 aliphatic carbocycles. The smallest absolute Gasteiger partial charge is 0.228 e. The number of pyridine rings is 1. The van der Waals surface area contributed by atoms with E-state index in [1.807, 2.05) is 6.07 Å². The van der Waals surface area contributed by atoms with E-state index in [0.29, 0.717) is 12.3 Å². The highest BCUT2D eigenvalue weighted by molar-refractivity contribution is 6.06. The fourth-order valence-electron chi connectivity index (χ4n) is 4.78. The molecule has 4 aromatic rings. The van der Waals surface area contributed by atoms with Crippen molar-refractivity contribution in [2.75, 3.05) is 0 Å². The van der Waals surface area contributed by atoms with E-state index in [1.165, 1.54) is 33.2 Å². The number of fused-ring (bicyclic) bond motifs is 3. The minimum Gasteiger partial charge on any atom is -0.455 e. The maximum Gasteiger partial charge on any atom is 0.228 e. The van der Waals surface area contributed by atoms with Crippen molar-refractivity contribution in [1.29, 1.82) is 5.26 Å². The molecule has 0 amide bonds. The molecule has 29 heavy (non-hydrogen) atoms. The normalized spacial score (nSPS) is 12.1. The lowest BCUT2D eigenvalue weighted by molar-refractivity contribution is -0.659. The first-order chi connectivity index (χ1) is 14.0. The Bertz CT molecular complexity index is 1360.